The highest BCUT2D eigenvalue weighted by Crippen LogP contribution is 2.32. The van der Waals surface area contributed by atoms with Crippen molar-refractivity contribution in [2.75, 3.05) is 60.3 Å². The van der Waals surface area contributed by atoms with E-state index in [0.717, 1.165) is 57.0 Å². The zero-order valence-corrected chi connectivity index (χ0v) is 29.9. The summed E-state index contributed by atoms with van der Waals surface area (Å²) in [4.78, 5) is 15.8. The summed E-state index contributed by atoms with van der Waals surface area (Å²) in [6, 6.07) is 5.62. The first-order chi connectivity index (χ1) is 19.9. The highest BCUT2D eigenvalue weighted by atomic mass is 35.5. The topological polar surface area (TPSA) is 116 Å². The number of aliphatic hydroxyl groups is 1. The molecule has 0 bridgehead atoms. The number of halogens is 2. The van der Waals surface area contributed by atoms with Gasteiger partial charge in [0.1, 0.15) is 0 Å². The van der Waals surface area contributed by atoms with Crippen molar-refractivity contribution < 1.29 is 28.8 Å². The van der Waals surface area contributed by atoms with Gasteiger partial charge in [-0.05, 0) is 68.6 Å². The number of benzene rings is 1. The number of nitrogens with zero attached hydrogens (tertiary/aromatic N) is 1. The van der Waals surface area contributed by atoms with Crippen LogP contribution >= 0.6 is 24.8 Å². The molecule has 0 saturated carbocycles. The van der Waals surface area contributed by atoms with Crippen LogP contribution in [0.5, 0.6) is 11.5 Å². The summed E-state index contributed by atoms with van der Waals surface area (Å²) in [5.74, 6) is 1.77. The molecule has 0 aromatic heterocycles. The Morgan fingerprint density at radius 3 is 2.27 bits per heavy atom. The third kappa shape index (κ3) is 14.8. The van der Waals surface area contributed by atoms with Crippen molar-refractivity contribution in [2.45, 2.75) is 84.9 Å². The van der Waals surface area contributed by atoms with Crippen LogP contribution in [0.1, 0.15) is 66.4 Å². The van der Waals surface area contributed by atoms with E-state index < -0.39 is 12.1 Å². The van der Waals surface area contributed by atoms with Gasteiger partial charge in [-0.25, -0.2) is 0 Å². The number of carbonyl (C=O) groups is 1. The summed E-state index contributed by atoms with van der Waals surface area (Å²) in [5, 5.41) is 14.5. The smallest absolute Gasteiger partial charge is 0.223 e. The number of amides is 1. The lowest BCUT2D eigenvalue weighted by molar-refractivity contribution is -0.129. The Morgan fingerprint density at radius 1 is 1.05 bits per heavy atom. The van der Waals surface area contributed by atoms with Crippen molar-refractivity contribution >= 4 is 30.7 Å². The summed E-state index contributed by atoms with van der Waals surface area (Å²) in [6.07, 6.45) is 1.82. The van der Waals surface area contributed by atoms with E-state index in [0.29, 0.717) is 37.7 Å². The summed E-state index contributed by atoms with van der Waals surface area (Å²) in [7, 11) is 3.32. The van der Waals surface area contributed by atoms with Crippen LogP contribution < -0.4 is 20.5 Å². The number of rotatable bonds is 19. The minimum absolute atomic E-state index is 0. The number of nitrogens with one attached hydrogen (secondary N) is 1. The van der Waals surface area contributed by atoms with Gasteiger partial charge in [0, 0.05) is 57.3 Å². The van der Waals surface area contributed by atoms with E-state index in [1.54, 1.807) is 14.2 Å². The first-order valence-electron chi connectivity index (χ1n) is 15.7. The van der Waals surface area contributed by atoms with E-state index >= 15 is 0 Å². The molecule has 1 heterocycles. The molecular weight excluding hydrogens is 605 g/mol. The molecular formula is C33H61Cl2N3O6. The van der Waals surface area contributed by atoms with Gasteiger partial charge in [-0.15, -0.1) is 24.8 Å². The lowest BCUT2D eigenvalue weighted by Crippen LogP contribution is -2.55. The summed E-state index contributed by atoms with van der Waals surface area (Å²) >= 11 is 0. The predicted molar refractivity (Wildman–Crippen MR) is 183 cm³/mol. The minimum atomic E-state index is -0.776. The van der Waals surface area contributed by atoms with E-state index in [9.17, 15) is 9.90 Å². The molecule has 0 aliphatic carbocycles. The van der Waals surface area contributed by atoms with Crippen molar-refractivity contribution in [3.63, 3.8) is 0 Å². The van der Waals surface area contributed by atoms with Gasteiger partial charge in [-0.1, -0.05) is 33.8 Å². The van der Waals surface area contributed by atoms with Crippen molar-refractivity contribution in [2.24, 2.45) is 29.4 Å². The number of morpholine rings is 1. The molecule has 1 saturated heterocycles. The maximum Gasteiger partial charge on any atom is 0.223 e. The largest absolute Gasteiger partial charge is 0.493 e. The van der Waals surface area contributed by atoms with Crippen LogP contribution in [0.15, 0.2) is 18.2 Å². The van der Waals surface area contributed by atoms with Gasteiger partial charge < -0.3 is 35.1 Å². The quantitative estimate of drug-likeness (QED) is 0.182. The van der Waals surface area contributed by atoms with Crippen molar-refractivity contribution in [3.8, 4) is 11.5 Å². The molecule has 1 aliphatic heterocycles. The highest BCUT2D eigenvalue weighted by molar-refractivity contribution is 5.85. The maximum atomic E-state index is 13.4. The summed E-state index contributed by atoms with van der Waals surface area (Å²) in [5.41, 5.74) is 7.37. The summed E-state index contributed by atoms with van der Waals surface area (Å²) < 4.78 is 22.1. The second-order valence-electron chi connectivity index (χ2n) is 13.2. The van der Waals surface area contributed by atoms with Gasteiger partial charge in [-0.3, -0.25) is 9.69 Å². The zero-order chi connectivity index (χ0) is 31.3. The van der Waals surface area contributed by atoms with Crippen LogP contribution in [0.25, 0.3) is 0 Å². The molecule has 1 aromatic rings. The van der Waals surface area contributed by atoms with Gasteiger partial charge >= 0.3 is 0 Å². The van der Waals surface area contributed by atoms with Gasteiger partial charge in [-0.2, -0.15) is 0 Å². The standard InChI is InChI=1S/C33H59N3O6.2ClH/c1-23(2)26(18-25-10-11-30(40-8)31(19-25)42-15-9-14-39-7)20-28(34)29(37)21-27(24(3)4)32(38)35-33(5,6)22-36-12-16-41-17-13-36;;/h10-11,19,23-24,26-29,37H,9,12-18,20-22,34H2,1-8H3,(H,35,38);2*1H/t26-,27-,28-,29-;;/m0../s1. The Labute approximate surface area is 279 Å². The van der Waals surface area contributed by atoms with Crippen molar-refractivity contribution in [1.82, 2.24) is 10.2 Å². The van der Waals surface area contributed by atoms with Gasteiger partial charge in [0.15, 0.2) is 11.5 Å². The monoisotopic (exact) mass is 665 g/mol. The minimum Gasteiger partial charge on any atom is -0.493 e. The van der Waals surface area contributed by atoms with Crippen LogP contribution in [-0.4, -0.2) is 93.9 Å². The van der Waals surface area contributed by atoms with Crippen LogP contribution in [0.3, 0.4) is 0 Å². The average Bonchev–Trinajstić information content (AvgIpc) is 2.93. The lowest BCUT2D eigenvalue weighted by atomic mass is 9.80. The second-order valence-corrected chi connectivity index (χ2v) is 13.2. The van der Waals surface area contributed by atoms with Crippen LogP contribution in [0, 0.1) is 23.7 Å². The van der Waals surface area contributed by atoms with E-state index in [1.165, 1.54) is 0 Å². The molecule has 9 nitrogen and oxygen atoms in total. The second kappa shape index (κ2) is 21.5. The van der Waals surface area contributed by atoms with Crippen molar-refractivity contribution in [3.05, 3.63) is 23.8 Å². The molecule has 2 rings (SSSR count). The third-order valence-corrected chi connectivity index (χ3v) is 8.31. The zero-order valence-electron chi connectivity index (χ0n) is 28.3. The molecule has 0 radical (unpaired) electrons. The summed E-state index contributed by atoms with van der Waals surface area (Å²) in [6.45, 7) is 17.7. The Balaban J connectivity index is 0.00000924. The molecule has 0 spiro atoms. The number of hydrogen-bond donors (Lipinski definition) is 3. The maximum absolute atomic E-state index is 13.4. The number of methoxy groups -OCH3 is 2. The van der Waals surface area contributed by atoms with E-state index in [4.69, 9.17) is 24.7 Å². The van der Waals surface area contributed by atoms with Gasteiger partial charge in [0.25, 0.3) is 0 Å². The molecule has 258 valence electrons. The molecule has 1 fully saturated rings. The molecule has 0 unspecified atom stereocenters. The number of hydrogen-bond acceptors (Lipinski definition) is 8. The molecule has 44 heavy (non-hydrogen) atoms. The van der Waals surface area contributed by atoms with E-state index in [1.807, 2.05) is 26.0 Å². The number of carbonyl (C=O) groups excluding carboxylic acids is 1. The predicted octanol–water partition coefficient (Wildman–Crippen LogP) is 4.74. The van der Waals surface area contributed by atoms with Crippen LogP contribution in [0.4, 0.5) is 0 Å². The van der Waals surface area contributed by atoms with Crippen molar-refractivity contribution in [1.29, 1.82) is 0 Å². The Kier molecular flexibility index (Phi) is 20.8. The first-order valence-corrected chi connectivity index (χ1v) is 15.7. The number of nitrogens with two attached hydrogens (primary N) is 1. The van der Waals surface area contributed by atoms with Crippen LogP contribution in [-0.2, 0) is 20.7 Å². The fraction of sp³-hybridized carbons (Fsp3) is 0.788. The van der Waals surface area contributed by atoms with Gasteiger partial charge in [0.2, 0.25) is 5.91 Å². The molecule has 11 heteroatoms. The first kappa shape index (κ1) is 42.7. The lowest BCUT2D eigenvalue weighted by Gasteiger charge is -2.37. The van der Waals surface area contributed by atoms with E-state index in [-0.39, 0.29) is 54.0 Å². The Bertz CT molecular complexity index is 931. The fourth-order valence-corrected chi connectivity index (χ4v) is 5.65. The highest BCUT2D eigenvalue weighted by Gasteiger charge is 2.33. The number of ether oxygens (including phenoxy) is 4. The molecule has 1 aromatic carbocycles. The Hall–Kier alpha value is -1.33. The van der Waals surface area contributed by atoms with Gasteiger partial charge in [0.05, 0.1) is 33.0 Å². The SMILES string of the molecule is COCCCOc1cc(C[C@@H](C[C@H](N)[C@@H](O)C[C@H](C(=O)NC(C)(C)CN2CCOCC2)C(C)C)C(C)C)ccc1OC.Cl.Cl. The number of aliphatic hydroxyl groups excluding tert-OH is 1. The molecule has 1 aliphatic rings. The molecule has 1 amide bonds. The normalized spacial score (nSPS) is 16.8. The molecule has 4 atom stereocenters. The fourth-order valence-electron chi connectivity index (χ4n) is 5.65. The average molecular weight is 667 g/mol. The Morgan fingerprint density at radius 2 is 1.70 bits per heavy atom. The third-order valence-electron chi connectivity index (χ3n) is 8.31. The van der Waals surface area contributed by atoms with Crippen LogP contribution in [0.2, 0.25) is 0 Å². The van der Waals surface area contributed by atoms with E-state index in [2.05, 4.69) is 44.0 Å². The molecule has 4 N–H and O–H groups in total.